The van der Waals surface area contributed by atoms with Crippen LogP contribution in [0.15, 0.2) is 77.7 Å². The van der Waals surface area contributed by atoms with Crippen LogP contribution in [-0.4, -0.2) is 20.9 Å². The molecule has 0 unspecified atom stereocenters. The lowest BCUT2D eigenvalue weighted by Crippen LogP contribution is -2.38. The number of carbonyl (C=O) groups excluding carboxylic acids is 1. The Bertz CT molecular complexity index is 1090. The van der Waals surface area contributed by atoms with E-state index in [4.69, 9.17) is 0 Å². The molecule has 0 aliphatic carbocycles. The summed E-state index contributed by atoms with van der Waals surface area (Å²) in [5.41, 5.74) is 4.01. The van der Waals surface area contributed by atoms with Gasteiger partial charge in [0.15, 0.2) is 0 Å². The van der Waals surface area contributed by atoms with Crippen molar-refractivity contribution in [1.29, 1.82) is 0 Å². The Balaban J connectivity index is 1.96. The van der Waals surface area contributed by atoms with Crippen molar-refractivity contribution in [3.8, 4) is 0 Å². The number of nitrogens with zero attached hydrogens (tertiary/aromatic N) is 1. The third-order valence-corrected chi connectivity index (χ3v) is 6.24. The Morgan fingerprint density at radius 3 is 2.00 bits per heavy atom. The zero-order valence-corrected chi connectivity index (χ0v) is 17.5. The van der Waals surface area contributed by atoms with E-state index < -0.39 is 15.9 Å². The van der Waals surface area contributed by atoms with E-state index in [1.807, 2.05) is 39.0 Å². The van der Waals surface area contributed by atoms with Gasteiger partial charge < -0.3 is 5.32 Å². The highest BCUT2D eigenvalue weighted by atomic mass is 32.2. The molecule has 1 N–H and O–H groups in total. The maximum atomic E-state index is 13.3. The van der Waals surface area contributed by atoms with E-state index in [1.165, 1.54) is 12.1 Å². The summed E-state index contributed by atoms with van der Waals surface area (Å²) >= 11 is 0. The number of hydrogen-bond donors (Lipinski definition) is 1. The van der Waals surface area contributed by atoms with E-state index in [0.29, 0.717) is 11.4 Å². The molecular weight excluding hydrogens is 384 g/mol. The average Bonchev–Trinajstić information content (AvgIpc) is 2.68. The average molecular weight is 409 g/mol. The van der Waals surface area contributed by atoms with Crippen LogP contribution in [-0.2, 0) is 14.8 Å². The molecule has 3 aromatic rings. The van der Waals surface area contributed by atoms with Gasteiger partial charge in [0.25, 0.3) is 10.0 Å². The predicted octanol–water partition coefficient (Wildman–Crippen LogP) is 4.45. The largest absolute Gasteiger partial charge is 0.325 e. The van der Waals surface area contributed by atoms with Gasteiger partial charge in [-0.05, 0) is 68.3 Å². The van der Waals surface area contributed by atoms with Gasteiger partial charge in [-0.1, -0.05) is 42.0 Å². The minimum atomic E-state index is -3.91. The first kappa shape index (κ1) is 20.6. The van der Waals surface area contributed by atoms with E-state index >= 15 is 0 Å². The molecule has 3 aromatic carbocycles. The van der Waals surface area contributed by atoms with Crippen LogP contribution in [0, 0.1) is 20.8 Å². The quantitative estimate of drug-likeness (QED) is 0.655. The molecule has 5 nitrogen and oxygen atoms in total. The van der Waals surface area contributed by atoms with Gasteiger partial charge >= 0.3 is 0 Å². The number of hydrogen-bond acceptors (Lipinski definition) is 3. The molecule has 0 aliphatic rings. The van der Waals surface area contributed by atoms with Gasteiger partial charge in [-0.15, -0.1) is 0 Å². The molecule has 0 aliphatic heterocycles. The number of aryl methyl sites for hydroxylation is 3. The second-order valence-electron chi connectivity index (χ2n) is 7.08. The first-order valence-corrected chi connectivity index (χ1v) is 10.7. The normalized spacial score (nSPS) is 11.1. The van der Waals surface area contributed by atoms with Gasteiger partial charge in [0.1, 0.15) is 6.54 Å². The van der Waals surface area contributed by atoms with Gasteiger partial charge in [0.05, 0.1) is 10.6 Å². The molecule has 0 fully saturated rings. The van der Waals surface area contributed by atoms with Crippen molar-refractivity contribution in [1.82, 2.24) is 0 Å². The van der Waals surface area contributed by atoms with E-state index in [9.17, 15) is 13.2 Å². The molecule has 1 amide bonds. The smallest absolute Gasteiger partial charge is 0.264 e. The Morgan fingerprint density at radius 2 is 1.41 bits per heavy atom. The van der Waals surface area contributed by atoms with Crippen molar-refractivity contribution in [3.63, 3.8) is 0 Å². The summed E-state index contributed by atoms with van der Waals surface area (Å²) < 4.78 is 27.8. The molecule has 0 saturated carbocycles. The van der Waals surface area contributed by atoms with Crippen LogP contribution in [0.25, 0.3) is 0 Å². The maximum absolute atomic E-state index is 13.3. The van der Waals surface area contributed by atoms with Gasteiger partial charge in [0.2, 0.25) is 5.91 Å². The van der Waals surface area contributed by atoms with E-state index in [-0.39, 0.29) is 11.4 Å². The minimum absolute atomic E-state index is 0.141. The van der Waals surface area contributed by atoms with Crippen LogP contribution in [0.3, 0.4) is 0 Å². The Kier molecular flexibility index (Phi) is 6.03. The zero-order chi connectivity index (χ0) is 21.0. The van der Waals surface area contributed by atoms with Crippen LogP contribution in [0.1, 0.15) is 16.7 Å². The summed E-state index contributed by atoms with van der Waals surface area (Å²) in [6.07, 6.45) is 0. The third kappa shape index (κ3) is 5.03. The summed E-state index contributed by atoms with van der Waals surface area (Å²) in [4.78, 5) is 12.9. The van der Waals surface area contributed by atoms with E-state index in [0.717, 1.165) is 21.0 Å². The van der Waals surface area contributed by atoms with Gasteiger partial charge in [-0.25, -0.2) is 8.42 Å². The highest BCUT2D eigenvalue weighted by molar-refractivity contribution is 7.92. The maximum Gasteiger partial charge on any atom is 0.264 e. The molecule has 0 atom stereocenters. The number of amides is 1. The Hall–Kier alpha value is -3.12. The highest BCUT2D eigenvalue weighted by Gasteiger charge is 2.27. The molecular formula is C23H24N2O3S. The Labute approximate surface area is 172 Å². The molecule has 0 spiro atoms. The van der Waals surface area contributed by atoms with Gasteiger partial charge in [-0.3, -0.25) is 9.10 Å². The van der Waals surface area contributed by atoms with Gasteiger partial charge in [0, 0.05) is 5.69 Å². The summed E-state index contributed by atoms with van der Waals surface area (Å²) in [7, 11) is -3.91. The summed E-state index contributed by atoms with van der Waals surface area (Å²) in [5.74, 6) is -0.410. The molecule has 0 saturated heterocycles. The lowest BCUT2D eigenvalue weighted by Gasteiger charge is -2.25. The molecule has 0 bridgehead atoms. The molecule has 0 aromatic heterocycles. The van der Waals surface area contributed by atoms with Crippen molar-refractivity contribution in [3.05, 3.63) is 89.5 Å². The second-order valence-corrected chi connectivity index (χ2v) is 8.95. The molecule has 0 radical (unpaired) electrons. The van der Waals surface area contributed by atoms with Crippen molar-refractivity contribution in [2.45, 2.75) is 25.7 Å². The van der Waals surface area contributed by atoms with Gasteiger partial charge in [-0.2, -0.15) is 0 Å². The fraction of sp³-hybridized carbons (Fsp3) is 0.174. The van der Waals surface area contributed by atoms with E-state index in [2.05, 4.69) is 5.32 Å². The monoisotopic (exact) mass is 408 g/mol. The summed E-state index contributed by atoms with van der Waals surface area (Å²) in [5, 5.41) is 2.78. The Morgan fingerprint density at radius 1 is 0.828 bits per heavy atom. The summed E-state index contributed by atoms with van der Waals surface area (Å²) in [6, 6.07) is 21.0. The lowest BCUT2D eigenvalue weighted by atomic mass is 10.1. The highest BCUT2D eigenvalue weighted by Crippen LogP contribution is 2.26. The predicted molar refractivity (Wildman–Crippen MR) is 117 cm³/mol. The topological polar surface area (TPSA) is 66.5 Å². The fourth-order valence-electron chi connectivity index (χ4n) is 3.10. The SMILES string of the molecule is Cc1ccc(NC(=O)CN(c2cc(C)cc(C)c2)S(=O)(=O)c2ccccc2)cc1. The number of carbonyl (C=O) groups is 1. The van der Waals surface area contributed by atoms with Crippen LogP contribution in [0.2, 0.25) is 0 Å². The van der Waals surface area contributed by atoms with Crippen molar-refractivity contribution < 1.29 is 13.2 Å². The number of sulfonamides is 1. The number of nitrogens with one attached hydrogen (secondary N) is 1. The molecule has 29 heavy (non-hydrogen) atoms. The fourth-order valence-corrected chi connectivity index (χ4v) is 4.52. The second kappa shape index (κ2) is 8.49. The van der Waals surface area contributed by atoms with Crippen molar-refractivity contribution in [2.24, 2.45) is 0 Å². The van der Waals surface area contributed by atoms with Crippen molar-refractivity contribution >= 4 is 27.3 Å². The summed E-state index contributed by atoms with van der Waals surface area (Å²) in [6.45, 7) is 5.43. The molecule has 150 valence electrons. The van der Waals surface area contributed by atoms with Crippen molar-refractivity contribution in [2.75, 3.05) is 16.2 Å². The van der Waals surface area contributed by atoms with Crippen LogP contribution in [0.4, 0.5) is 11.4 Å². The van der Waals surface area contributed by atoms with Crippen LogP contribution < -0.4 is 9.62 Å². The molecule has 3 rings (SSSR count). The number of rotatable bonds is 6. The lowest BCUT2D eigenvalue weighted by molar-refractivity contribution is -0.114. The molecule has 0 heterocycles. The van der Waals surface area contributed by atoms with Crippen LogP contribution in [0.5, 0.6) is 0 Å². The zero-order valence-electron chi connectivity index (χ0n) is 16.7. The van der Waals surface area contributed by atoms with Crippen LogP contribution >= 0.6 is 0 Å². The molecule has 6 heteroatoms. The number of anilines is 2. The first-order valence-electron chi connectivity index (χ1n) is 9.28. The van der Waals surface area contributed by atoms with E-state index in [1.54, 1.807) is 42.5 Å². The third-order valence-electron chi connectivity index (χ3n) is 4.45. The standard InChI is InChI=1S/C23H24N2O3S/c1-17-9-11-20(12-10-17)24-23(26)16-25(21-14-18(2)13-19(3)15-21)29(27,28)22-7-5-4-6-8-22/h4-15H,16H2,1-3H3,(H,24,26). The minimum Gasteiger partial charge on any atom is -0.325 e. The first-order chi connectivity index (χ1) is 13.8. The number of benzene rings is 3.